The van der Waals surface area contributed by atoms with Gasteiger partial charge in [0.1, 0.15) is 0 Å². The van der Waals surface area contributed by atoms with Gasteiger partial charge < -0.3 is 4.90 Å². The number of allylic oxidation sites excluding steroid dienone is 3. The largest absolute Gasteiger partial charge is 0.342 e. The molecule has 2 fully saturated rings. The van der Waals surface area contributed by atoms with E-state index in [1.165, 1.54) is 42.4 Å². The van der Waals surface area contributed by atoms with Crippen molar-refractivity contribution in [3.8, 4) is 0 Å². The zero-order chi connectivity index (χ0) is 19.5. The first-order valence-electron chi connectivity index (χ1n) is 11.0. The van der Waals surface area contributed by atoms with Gasteiger partial charge in [0.25, 0.3) is 0 Å². The summed E-state index contributed by atoms with van der Waals surface area (Å²) in [5.41, 5.74) is 4.76. The molecule has 5 atom stereocenters. The summed E-state index contributed by atoms with van der Waals surface area (Å²) in [4.78, 5) is 18.7. The fraction of sp³-hybridized carbons (Fsp3) is 0.600. The Kier molecular flexibility index (Phi) is 4.08. The Bertz CT molecular complexity index is 857. The first kappa shape index (κ1) is 18.1. The summed E-state index contributed by atoms with van der Waals surface area (Å²) in [6.45, 7) is 5.87. The fourth-order valence-corrected chi connectivity index (χ4v) is 7.22. The average Bonchev–Trinajstić information content (AvgIpc) is 3.00. The van der Waals surface area contributed by atoms with Crippen LogP contribution in [0.5, 0.6) is 0 Å². The van der Waals surface area contributed by atoms with E-state index in [4.69, 9.17) is 0 Å². The van der Waals surface area contributed by atoms with Crippen LogP contribution in [0.25, 0.3) is 5.57 Å². The van der Waals surface area contributed by atoms with Crippen LogP contribution in [0.15, 0.2) is 42.3 Å². The summed E-state index contributed by atoms with van der Waals surface area (Å²) in [5.74, 6) is 2.42. The molecule has 0 saturated heterocycles. The molecule has 0 aromatic carbocycles. The number of carbonyl (C=O) groups excluding carboxylic acids is 1. The van der Waals surface area contributed by atoms with Crippen LogP contribution in [0.2, 0.25) is 0 Å². The minimum Gasteiger partial charge on any atom is -0.342 e. The van der Waals surface area contributed by atoms with Crippen molar-refractivity contribution in [3.63, 3.8) is 0 Å². The Balaban J connectivity index is 1.47. The highest BCUT2D eigenvalue weighted by Crippen LogP contribution is 2.66. The summed E-state index contributed by atoms with van der Waals surface area (Å²) >= 11 is 0. The molecule has 0 radical (unpaired) electrons. The third-order valence-corrected chi connectivity index (χ3v) is 8.93. The molecule has 1 amide bonds. The number of fused-ring (bicyclic) bond motifs is 5. The van der Waals surface area contributed by atoms with E-state index in [2.05, 4.69) is 37.0 Å². The van der Waals surface area contributed by atoms with E-state index >= 15 is 0 Å². The normalized spacial score (nSPS) is 40.0. The zero-order valence-electron chi connectivity index (χ0n) is 17.4. The number of rotatable bonds is 1. The molecule has 3 aliphatic carbocycles. The van der Waals surface area contributed by atoms with E-state index in [0.717, 1.165) is 31.2 Å². The second kappa shape index (κ2) is 6.30. The van der Waals surface area contributed by atoms with E-state index in [9.17, 15) is 4.79 Å². The van der Waals surface area contributed by atoms with Crippen LogP contribution >= 0.6 is 0 Å². The molecule has 28 heavy (non-hydrogen) atoms. The second-order valence-corrected chi connectivity index (χ2v) is 10.1. The third-order valence-electron chi connectivity index (χ3n) is 8.93. The number of likely N-dealkylation sites (N-methyl/N-ethyl adjacent to an activating group) is 1. The molecule has 3 heteroatoms. The molecule has 3 nitrogen and oxygen atoms in total. The summed E-state index contributed by atoms with van der Waals surface area (Å²) in [6, 6.07) is 4.30. The summed E-state index contributed by atoms with van der Waals surface area (Å²) < 4.78 is 0. The number of carbonyl (C=O) groups is 1. The maximum Gasteiger partial charge on any atom is 0.246 e. The van der Waals surface area contributed by atoms with Crippen molar-refractivity contribution < 1.29 is 4.79 Å². The standard InChI is InChI=1S/C25H32N2O/c1-24-12-14-27(3)23(28)15-18(24)6-7-19-21-9-8-20(17-5-4-13-26-16-17)25(21,2)11-10-22(19)24/h4-5,8,13,15-16,19,21-22H,6-7,9-12,14H2,1-3H3. The number of hydrogen-bond acceptors (Lipinski definition) is 2. The average molecular weight is 377 g/mol. The predicted molar refractivity (Wildman–Crippen MR) is 112 cm³/mol. The van der Waals surface area contributed by atoms with Gasteiger partial charge in [-0.2, -0.15) is 0 Å². The smallest absolute Gasteiger partial charge is 0.246 e. The minimum absolute atomic E-state index is 0.196. The van der Waals surface area contributed by atoms with Crippen molar-refractivity contribution in [1.29, 1.82) is 0 Å². The highest BCUT2D eigenvalue weighted by atomic mass is 16.2. The van der Waals surface area contributed by atoms with Gasteiger partial charge in [0.15, 0.2) is 0 Å². The monoisotopic (exact) mass is 376 g/mol. The van der Waals surface area contributed by atoms with Gasteiger partial charge in [-0.1, -0.05) is 31.6 Å². The van der Waals surface area contributed by atoms with E-state index in [1.54, 1.807) is 0 Å². The van der Waals surface area contributed by atoms with Crippen LogP contribution in [0, 0.1) is 28.6 Å². The van der Waals surface area contributed by atoms with Gasteiger partial charge in [-0.3, -0.25) is 9.78 Å². The predicted octanol–water partition coefficient (Wildman–Crippen LogP) is 5.11. The lowest BCUT2D eigenvalue weighted by molar-refractivity contribution is -0.124. The molecule has 2 heterocycles. The van der Waals surface area contributed by atoms with Gasteiger partial charge in [0, 0.05) is 32.1 Å². The molecular formula is C25H32N2O. The molecule has 1 aromatic rings. The molecule has 1 aromatic heterocycles. The van der Waals surface area contributed by atoms with Gasteiger partial charge in [0.05, 0.1) is 0 Å². The van der Waals surface area contributed by atoms with Crippen LogP contribution in [-0.2, 0) is 4.79 Å². The molecule has 5 unspecified atom stereocenters. The van der Waals surface area contributed by atoms with Crippen molar-refractivity contribution in [1.82, 2.24) is 9.88 Å². The second-order valence-electron chi connectivity index (χ2n) is 10.1. The van der Waals surface area contributed by atoms with Gasteiger partial charge >= 0.3 is 0 Å². The van der Waals surface area contributed by atoms with Crippen LogP contribution in [0.3, 0.4) is 0 Å². The topological polar surface area (TPSA) is 33.2 Å². The quantitative estimate of drug-likeness (QED) is 0.683. The number of pyridine rings is 1. The van der Waals surface area contributed by atoms with Crippen LogP contribution in [-0.4, -0.2) is 29.4 Å². The molecule has 1 aliphatic heterocycles. The van der Waals surface area contributed by atoms with Crippen molar-refractivity contribution in [2.24, 2.45) is 28.6 Å². The zero-order valence-corrected chi connectivity index (χ0v) is 17.4. The first-order chi connectivity index (χ1) is 13.4. The molecule has 5 rings (SSSR count). The van der Waals surface area contributed by atoms with Crippen molar-refractivity contribution in [3.05, 3.63) is 47.8 Å². The van der Waals surface area contributed by atoms with Gasteiger partial charge in [0.2, 0.25) is 5.91 Å². The lowest BCUT2D eigenvalue weighted by atomic mass is 9.47. The molecule has 0 N–H and O–H groups in total. The Morgan fingerprint density at radius 3 is 2.79 bits per heavy atom. The van der Waals surface area contributed by atoms with Crippen molar-refractivity contribution >= 4 is 11.5 Å². The number of nitrogens with zero attached hydrogens (tertiary/aromatic N) is 2. The Morgan fingerprint density at radius 2 is 2.00 bits per heavy atom. The summed E-state index contributed by atoms with van der Waals surface area (Å²) in [6.07, 6.45) is 15.6. The summed E-state index contributed by atoms with van der Waals surface area (Å²) in [5, 5.41) is 0. The molecule has 0 spiro atoms. The minimum atomic E-state index is 0.196. The van der Waals surface area contributed by atoms with Crippen LogP contribution in [0.4, 0.5) is 0 Å². The first-order valence-corrected chi connectivity index (χ1v) is 11.0. The van der Waals surface area contributed by atoms with E-state index in [0.29, 0.717) is 5.92 Å². The SMILES string of the molecule is CN1CCC2(C)C(=CC1=O)CCC1C2CCC2(C)C(c3cccnc3)=CCC12. The fourth-order valence-electron chi connectivity index (χ4n) is 7.22. The van der Waals surface area contributed by atoms with Gasteiger partial charge in [-0.05, 0) is 84.3 Å². The Labute approximate surface area is 168 Å². The lowest BCUT2D eigenvalue weighted by Gasteiger charge is -2.57. The molecule has 148 valence electrons. The highest BCUT2D eigenvalue weighted by Gasteiger charge is 2.56. The lowest BCUT2D eigenvalue weighted by Crippen LogP contribution is -2.49. The Hall–Kier alpha value is -1.90. The third kappa shape index (κ3) is 2.47. The number of aromatic nitrogens is 1. The molecular weight excluding hydrogens is 344 g/mol. The van der Waals surface area contributed by atoms with Gasteiger partial charge in [-0.15, -0.1) is 0 Å². The van der Waals surface area contributed by atoms with Crippen molar-refractivity contribution in [2.75, 3.05) is 13.6 Å². The van der Waals surface area contributed by atoms with E-state index in [-0.39, 0.29) is 16.7 Å². The van der Waals surface area contributed by atoms with E-state index in [1.807, 2.05) is 30.4 Å². The van der Waals surface area contributed by atoms with Crippen LogP contribution in [0.1, 0.15) is 57.9 Å². The summed E-state index contributed by atoms with van der Waals surface area (Å²) in [7, 11) is 1.95. The van der Waals surface area contributed by atoms with Crippen LogP contribution < -0.4 is 0 Å². The van der Waals surface area contributed by atoms with Gasteiger partial charge in [-0.25, -0.2) is 0 Å². The highest BCUT2D eigenvalue weighted by molar-refractivity contribution is 5.88. The maximum atomic E-state index is 12.4. The molecule has 4 aliphatic rings. The number of hydrogen-bond donors (Lipinski definition) is 0. The molecule has 2 saturated carbocycles. The van der Waals surface area contributed by atoms with E-state index < -0.39 is 0 Å². The maximum absolute atomic E-state index is 12.4. The molecule has 0 bridgehead atoms. The number of amides is 1. The van der Waals surface area contributed by atoms with Crippen molar-refractivity contribution in [2.45, 2.75) is 52.4 Å². The Morgan fingerprint density at radius 1 is 1.14 bits per heavy atom.